The van der Waals surface area contributed by atoms with E-state index in [0.717, 1.165) is 22.6 Å². The molecule has 754 valence electrons. The van der Waals surface area contributed by atoms with Crippen LogP contribution in [0.5, 0.6) is 0 Å². The minimum absolute atomic E-state index is 0. The molecule has 0 radical (unpaired) electrons. The summed E-state index contributed by atoms with van der Waals surface area (Å²) in [4.78, 5) is 347. The molecule has 1 saturated carbocycles. The number of carbonyl (C=O) groups excluding carboxylic acids is 27. The number of hydrogen-bond donors (Lipinski definition) is 2. The Morgan fingerprint density at radius 2 is 0.754 bits per heavy atom. The summed E-state index contributed by atoms with van der Waals surface area (Å²) in [5.41, 5.74) is 0.716. The van der Waals surface area contributed by atoms with Crippen LogP contribution in [0.2, 0.25) is 0 Å². The Kier molecular flexibility index (Phi) is 47.9. The van der Waals surface area contributed by atoms with Crippen molar-refractivity contribution in [2.45, 2.75) is 233 Å². The van der Waals surface area contributed by atoms with Crippen LogP contribution in [0.3, 0.4) is 0 Å². The van der Waals surface area contributed by atoms with E-state index in [-0.39, 0.29) is 277 Å². The standard InChI is InChI=1S/C20H28N2O6.C19H25N2O8.C16H17N2O5.C14H18N2O6.C12H18N2O5.C10H15NO4.2U/c1-11(2)15-9-16(23)21(19(15)26)10-13-4-6-14(7-5-13)20(27)28-22-17(24)8-12(3)18(22)25;1-12(2)14-10-17(25)20(19(14)27)11-13(22)4-3-8-28-9-7-18(26)29-21-15(23)5-6-16(21)24;1-10(2)9-13(19)17-12-5-3-11(4-6-12)16(22)23-18-14(20)7-8-15(18)21;1-7(2)9-5-10(17)15(14(9)21)6-12(19)22-16-11(18)4-8(3)13(16)20;1-7(2)4-9(15)13-6-11(17)19-14-10(16)5-8(3)12(14)18;1-6(2)4-9(13)15-11-8(12)5-7(3)10(11)14;;/h11-15H,4-10H2,1-3H3;5,12,14H,3-4,6-11H2,1-2H3;3-7,10H,8-9H2,1-2H3,(H,17,19);7-9H,4-6H2,1-3H3;7-8H,4-6H2,1-3H3,(H,13,15);6-7H,4-5H2,1-3H3;;/q;2*-1;;;;;. The van der Waals surface area contributed by atoms with Gasteiger partial charge in [0.1, 0.15) is 24.9 Å². The van der Waals surface area contributed by atoms with Crippen molar-refractivity contribution in [1.82, 2.24) is 50.4 Å². The fourth-order valence-electron chi connectivity index (χ4n) is 14.7. The van der Waals surface area contributed by atoms with Crippen molar-refractivity contribution in [3.8, 4) is 0 Å². The van der Waals surface area contributed by atoms with Gasteiger partial charge in [0.15, 0.2) is 5.78 Å². The van der Waals surface area contributed by atoms with Crippen LogP contribution in [0.4, 0.5) is 5.69 Å². The average Bonchev–Trinajstić information content (AvgIpc) is 1.66. The number of ketones is 1. The second-order valence-corrected chi connectivity index (χ2v) is 36.6. The van der Waals surface area contributed by atoms with E-state index >= 15 is 0 Å². The maximum atomic E-state index is 12.4. The van der Waals surface area contributed by atoms with E-state index < -0.39 is 149 Å². The Bertz CT molecular complexity index is 4760. The molecule has 1 aromatic carbocycles. The van der Waals surface area contributed by atoms with Gasteiger partial charge in [-0.25, -0.2) is 28.8 Å². The molecule has 2 N–H and O–H groups in total. The Hall–Kier alpha value is -11.3. The Morgan fingerprint density at radius 3 is 1.14 bits per heavy atom. The summed E-state index contributed by atoms with van der Waals surface area (Å²) >= 11 is 0. The van der Waals surface area contributed by atoms with Gasteiger partial charge in [-0.15, -0.1) is 30.4 Å². The van der Waals surface area contributed by atoms with Crippen molar-refractivity contribution >= 4 is 165 Å². The van der Waals surface area contributed by atoms with E-state index in [4.69, 9.17) is 24.1 Å². The summed E-state index contributed by atoms with van der Waals surface area (Å²) in [6.45, 7) is 28.5. The molecule has 7 unspecified atom stereocenters. The molecule has 10 fully saturated rings. The molecule has 138 heavy (non-hydrogen) atoms. The monoisotopic (exact) mass is 2390 g/mol. The summed E-state index contributed by atoms with van der Waals surface area (Å²) in [5.74, 6) is -15.8. The SMILES string of the molecule is CC(C)C1CC(=O)N(CC(=O)CCCOCCC(=O)ON2C(=O)[CH-]CC2=O)C1=O.CC(C)CC(=O)NCC(=O)ON1C(=O)CC(C)C1=O.CC(C)CC(=O)Nc1ccc(C(=O)ON2C(=O)[CH-]CC2=O)cc1.CC(C)CC(=O)ON1C(=O)CC(C)C1=O.CC1CC(=O)N(OC(=O)C2CCC(CN3C(=O)CC(C(C)C)C3=O)CC2)C1=O.CC1CC(=O)N(OC(=O)CN2C(=O)CC(C(C)C)C2=O)C1=O.[U].[U]. The Balaban J connectivity index is 0.000000349. The van der Waals surface area contributed by atoms with Crippen molar-refractivity contribution in [3.05, 3.63) is 42.7 Å². The van der Waals surface area contributed by atoms with E-state index in [2.05, 4.69) is 20.3 Å². The second-order valence-electron chi connectivity index (χ2n) is 36.6. The number of nitrogens with one attached hydrogen (secondary N) is 2. The van der Waals surface area contributed by atoms with Crippen LogP contribution in [0.15, 0.2) is 24.3 Å². The number of nitrogens with zero attached hydrogens (tertiary/aromatic N) is 9. The van der Waals surface area contributed by atoms with E-state index in [0.29, 0.717) is 87.6 Å². The molecular formula is C91H121N11O34U2-2. The third-order valence-corrected chi connectivity index (χ3v) is 22.5. The molecule has 0 bridgehead atoms. The first-order valence-corrected chi connectivity index (χ1v) is 45.1. The average molecular weight is 2390 g/mol. The van der Waals surface area contributed by atoms with Crippen LogP contribution in [0.25, 0.3) is 0 Å². The zero-order chi connectivity index (χ0) is 102. The molecule has 11 rings (SSSR count). The van der Waals surface area contributed by atoms with E-state index in [9.17, 15) is 129 Å². The van der Waals surface area contributed by atoms with Gasteiger partial charge in [0.25, 0.3) is 47.3 Å². The van der Waals surface area contributed by atoms with Gasteiger partial charge in [-0.1, -0.05) is 124 Å². The van der Waals surface area contributed by atoms with Crippen LogP contribution >= 0.6 is 0 Å². The molecule has 20 amide bonds. The normalized spacial score (nSPS) is 21.8. The largest absolute Gasteiger partial charge is 0.381 e. The van der Waals surface area contributed by atoms with Gasteiger partial charge < -0.3 is 54.0 Å². The molecule has 9 aliphatic heterocycles. The van der Waals surface area contributed by atoms with Crippen LogP contribution in [0.1, 0.15) is 243 Å². The predicted octanol–water partition coefficient (Wildman–Crippen LogP) is 4.34. The predicted molar refractivity (Wildman–Crippen MR) is 461 cm³/mol. The number of rotatable bonds is 33. The Labute approximate surface area is 844 Å². The number of amides is 20. The third-order valence-electron chi connectivity index (χ3n) is 22.5. The van der Waals surface area contributed by atoms with Crippen molar-refractivity contribution in [1.29, 1.82) is 0 Å². The number of hydrogen-bond acceptors (Lipinski definition) is 34. The number of ether oxygens (including phenoxy) is 1. The molecule has 1 aromatic rings. The molecule has 7 atom stereocenters. The molecule has 10 aliphatic rings. The van der Waals surface area contributed by atoms with Crippen LogP contribution in [-0.4, -0.2) is 244 Å². The zero-order valence-corrected chi connectivity index (χ0v) is 88.5. The van der Waals surface area contributed by atoms with E-state index in [1.54, 1.807) is 39.8 Å². The van der Waals surface area contributed by atoms with Gasteiger partial charge >= 0.3 is 35.8 Å². The molecule has 0 aromatic heterocycles. The van der Waals surface area contributed by atoms with Crippen LogP contribution in [0, 0.1) is 164 Å². The van der Waals surface area contributed by atoms with Gasteiger partial charge in [0.05, 0.1) is 37.5 Å². The molecule has 47 heteroatoms. The Morgan fingerprint density at radius 1 is 0.377 bits per heavy atom. The molecule has 9 saturated heterocycles. The third kappa shape index (κ3) is 35.2. The maximum Gasteiger partial charge on any atom is 0.363 e. The van der Waals surface area contributed by atoms with Crippen LogP contribution < -0.4 is 10.6 Å². The fraction of sp³-hybridized carbons (Fsp3) is 0.615. The molecule has 0 spiro atoms. The molecule has 9 heterocycles. The van der Waals surface area contributed by atoms with Crippen LogP contribution in [-0.2, 0) is 158 Å². The van der Waals surface area contributed by atoms with Crippen molar-refractivity contribution in [2.75, 3.05) is 44.7 Å². The summed E-state index contributed by atoms with van der Waals surface area (Å²) < 4.78 is 5.24. The van der Waals surface area contributed by atoms with Gasteiger partial charge in [-0.2, -0.15) is 0 Å². The minimum atomic E-state index is -0.984. The number of benzene rings is 1. The van der Waals surface area contributed by atoms with E-state index in [1.165, 1.54) is 17.0 Å². The van der Waals surface area contributed by atoms with Crippen molar-refractivity contribution in [2.24, 2.45) is 88.8 Å². The van der Waals surface area contributed by atoms with Gasteiger partial charge in [-0.05, 0) is 97.8 Å². The van der Waals surface area contributed by atoms with Gasteiger partial charge in [-0.3, -0.25) is 119 Å². The summed E-state index contributed by atoms with van der Waals surface area (Å²) in [7, 11) is 0. The number of imide groups is 9. The first-order valence-electron chi connectivity index (χ1n) is 45.1. The molecule has 1 aliphatic carbocycles. The summed E-state index contributed by atoms with van der Waals surface area (Å²) in [6, 6.07) is 5.99. The number of anilines is 1. The summed E-state index contributed by atoms with van der Waals surface area (Å²) in [6.07, 6.45) is 6.53. The number of likely N-dealkylation sites (tertiary alicyclic amines) is 3. The van der Waals surface area contributed by atoms with E-state index in [1.807, 2.05) is 83.1 Å². The second kappa shape index (κ2) is 55.5. The topological polar surface area (TPSA) is 579 Å². The fourth-order valence-corrected chi connectivity index (χ4v) is 14.7. The number of hydroxylamine groups is 12. The van der Waals surface area contributed by atoms with Gasteiger partial charge in [0, 0.05) is 187 Å². The zero-order valence-electron chi connectivity index (χ0n) is 80.2. The summed E-state index contributed by atoms with van der Waals surface area (Å²) in [5, 5.41) is 8.03. The first kappa shape index (κ1) is 119. The molecular weight excluding hydrogens is 2270 g/mol. The number of Topliss-reactive ketones (excluding diaryl/α,β-unsaturated/α-hetero) is 1. The smallest absolute Gasteiger partial charge is 0.363 e. The minimum Gasteiger partial charge on any atom is -0.381 e. The van der Waals surface area contributed by atoms with Crippen molar-refractivity contribution < 1.29 is 225 Å². The van der Waals surface area contributed by atoms with Gasteiger partial charge in [0.2, 0.25) is 59.1 Å². The number of carbonyl (C=O) groups is 27. The van der Waals surface area contributed by atoms with Crippen molar-refractivity contribution in [3.63, 3.8) is 0 Å². The maximum absolute atomic E-state index is 12.4. The first-order chi connectivity index (χ1) is 63.7. The quantitative estimate of drug-likeness (QED) is 0.0561. The molecule has 45 nitrogen and oxygen atoms in total.